The smallest absolute Gasteiger partial charge is 0.214 e. The Morgan fingerprint density at radius 1 is 1.73 bits per heavy atom. The van der Waals surface area contributed by atoms with Crippen molar-refractivity contribution in [2.75, 3.05) is 5.43 Å². The van der Waals surface area contributed by atoms with E-state index in [0.29, 0.717) is 11.9 Å². The third-order valence-corrected chi connectivity index (χ3v) is 1.39. The highest BCUT2D eigenvalue weighted by molar-refractivity contribution is 5.23. The molecule has 1 rings (SSSR count). The molecule has 4 heteroatoms. The van der Waals surface area contributed by atoms with Gasteiger partial charge in [0.25, 0.3) is 0 Å². The Labute approximate surface area is 66.2 Å². The molecular weight excluding hydrogens is 140 g/mol. The Kier molecular flexibility index (Phi) is 2.48. The third kappa shape index (κ3) is 2.23. The molecule has 0 fully saturated rings. The molecule has 0 radical (unpaired) electrons. The molecule has 0 bridgehead atoms. The van der Waals surface area contributed by atoms with Gasteiger partial charge in [-0.1, -0.05) is 13.8 Å². The second-order valence-electron chi connectivity index (χ2n) is 3.00. The number of nitrogens with one attached hydrogen (secondary N) is 2. The van der Waals surface area contributed by atoms with Crippen LogP contribution < -0.4 is 11.3 Å². The van der Waals surface area contributed by atoms with Gasteiger partial charge < -0.3 is 4.98 Å². The molecule has 0 saturated carbocycles. The van der Waals surface area contributed by atoms with Crippen molar-refractivity contribution in [2.24, 2.45) is 11.8 Å². The number of H-pyrrole nitrogens is 1. The second-order valence-corrected chi connectivity index (χ2v) is 3.00. The molecule has 11 heavy (non-hydrogen) atoms. The lowest BCUT2D eigenvalue weighted by atomic mass is 10.1. The van der Waals surface area contributed by atoms with E-state index in [1.54, 1.807) is 6.20 Å². The van der Waals surface area contributed by atoms with Gasteiger partial charge in [0.05, 0.1) is 6.20 Å². The minimum atomic E-state index is 0.626. The molecule has 0 saturated heterocycles. The lowest BCUT2D eigenvalue weighted by Gasteiger charge is -1.99. The van der Waals surface area contributed by atoms with Crippen LogP contribution in [0.25, 0.3) is 0 Å². The normalized spacial score (nSPS) is 10.5. The average molecular weight is 154 g/mol. The third-order valence-electron chi connectivity index (χ3n) is 1.39. The topological polar surface area (TPSA) is 66.7 Å². The molecule has 0 unspecified atom stereocenters. The molecule has 0 aliphatic carbocycles. The summed E-state index contributed by atoms with van der Waals surface area (Å²) in [5.41, 5.74) is 3.57. The summed E-state index contributed by atoms with van der Waals surface area (Å²) in [5, 5.41) is 0. The zero-order valence-electron chi connectivity index (χ0n) is 6.89. The number of rotatable bonds is 3. The Morgan fingerprint density at radius 2 is 2.45 bits per heavy atom. The van der Waals surface area contributed by atoms with E-state index >= 15 is 0 Å². The quantitative estimate of drug-likeness (QED) is 0.447. The Bertz CT molecular complexity index is 216. The van der Waals surface area contributed by atoms with E-state index in [4.69, 9.17) is 5.84 Å². The largest absolute Gasteiger partial charge is 0.327 e. The van der Waals surface area contributed by atoms with Crippen LogP contribution in [0.2, 0.25) is 0 Å². The summed E-state index contributed by atoms with van der Waals surface area (Å²) in [4.78, 5) is 7.04. The summed E-state index contributed by atoms with van der Waals surface area (Å²) >= 11 is 0. The maximum Gasteiger partial charge on any atom is 0.214 e. The van der Waals surface area contributed by atoms with Crippen LogP contribution in [0.5, 0.6) is 0 Å². The number of aromatic amines is 1. The van der Waals surface area contributed by atoms with Crippen molar-refractivity contribution in [1.29, 1.82) is 0 Å². The van der Waals surface area contributed by atoms with Gasteiger partial charge in [0.1, 0.15) is 0 Å². The monoisotopic (exact) mass is 154 g/mol. The van der Waals surface area contributed by atoms with E-state index in [2.05, 4.69) is 29.2 Å². The van der Waals surface area contributed by atoms with Gasteiger partial charge in [-0.15, -0.1) is 0 Å². The van der Waals surface area contributed by atoms with E-state index in [9.17, 15) is 0 Å². The van der Waals surface area contributed by atoms with Crippen LogP contribution in [0.3, 0.4) is 0 Å². The van der Waals surface area contributed by atoms with Crippen LogP contribution in [0, 0.1) is 5.92 Å². The summed E-state index contributed by atoms with van der Waals surface area (Å²) in [7, 11) is 0. The Balaban J connectivity index is 2.58. The molecule has 62 valence electrons. The van der Waals surface area contributed by atoms with Crippen LogP contribution >= 0.6 is 0 Å². The molecule has 0 spiro atoms. The minimum Gasteiger partial charge on any atom is -0.327 e. The van der Waals surface area contributed by atoms with Crippen LogP contribution in [0.1, 0.15) is 19.5 Å². The number of imidazole rings is 1. The molecule has 0 aromatic carbocycles. The highest BCUT2D eigenvalue weighted by atomic mass is 15.3. The summed E-state index contributed by atoms with van der Waals surface area (Å²) in [6.07, 6.45) is 2.81. The maximum atomic E-state index is 5.15. The first-order valence-corrected chi connectivity index (χ1v) is 3.73. The summed E-state index contributed by atoms with van der Waals surface area (Å²) < 4.78 is 0. The first kappa shape index (κ1) is 8.07. The lowest BCUT2D eigenvalue weighted by molar-refractivity contribution is 0.638. The number of anilines is 1. The Hall–Kier alpha value is -1.03. The number of hydrazine groups is 1. The molecule has 4 N–H and O–H groups in total. The van der Waals surface area contributed by atoms with Gasteiger partial charge in [-0.25, -0.2) is 10.8 Å². The van der Waals surface area contributed by atoms with E-state index in [1.807, 2.05) is 0 Å². The molecule has 0 aliphatic heterocycles. The maximum absolute atomic E-state index is 5.15. The van der Waals surface area contributed by atoms with E-state index in [-0.39, 0.29) is 0 Å². The average Bonchev–Trinajstić information content (AvgIpc) is 2.34. The van der Waals surface area contributed by atoms with Gasteiger partial charge in [0, 0.05) is 5.69 Å². The Morgan fingerprint density at radius 3 is 2.91 bits per heavy atom. The minimum absolute atomic E-state index is 0.626. The predicted molar refractivity (Wildman–Crippen MR) is 44.9 cm³/mol. The van der Waals surface area contributed by atoms with Gasteiger partial charge in [0.15, 0.2) is 0 Å². The number of nitrogen functional groups attached to an aromatic ring is 1. The van der Waals surface area contributed by atoms with Crippen LogP contribution in [0.4, 0.5) is 5.95 Å². The molecule has 0 amide bonds. The van der Waals surface area contributed by atoms with Gasteiger partial charge in [-0.2, -0.15) is 0 Å². The molecule has 0 atom stereocenters. The van der Waals surface area contributed by atoms with Crippen LogP contribution in [-0.2, 0) is 6.42 Å². The summed E-state index contributed by atoms with van der Waals surface area (Å²) in [6.45, 7) is 4.33. The van der Waals surface area contributed by atoms with E-state index in [1.165, 1.54) is 0 Å². The zero-order chi connectivity index (χ0) is 8.27. The van der Waals surface area contributed by atoms with Crippen molar-refractivity contribution in [1.82, 2.24) is 9.97 Å². The van der Waals surface area contributed by atoms with Crippen molar-refractivity contribution in [2.45, 2.75) is 20.3 Å². The van der Waals surface area contributed by atoms with E-state index in [0.717, 1.165) is 12.1 Å². The van der Waals surface area contributed by atoms with Crippen molar-refractivity contribution in [3.05, 3.63) is 11.9 Å². The number of nitrogens with two attached hydrogens (primary N) is 1. The molecular formula is C7H14N4. The van der Waals surface area contributed by atoms with Gasteiger partial charge in [0.2, 0.25) is 5.95 Å². The second kappa shape index (κ2) is 3.39. The van der Waals surface area contributed by atoms with E-state index < -0.39 is 0 Å². The first-order chi connectivity index (χ1) is 5.22. The van der Waals surface area contributed by atoms with Crippen molar-refractivity contribution in [3.8, 4) is 0 Å². The molecule has 4 nitrogen and oxygen atoms in total. The predicted octanol–water partition coefficient (Wildman–Crippen LogP) is 0.894. The number of hydrogen-bond acceptors (Lipinski definition) is 3. The van der Waals surface area contributed by atoms with Gasteiger partial charge in [-0.3, -0.25) is 5.43 Å². The number of nitrogens with zero attached hydrogens (tertiary/aromatic N) is 1. The highest BCUT2D eigenvalue weighted by Gasteiger charge is 2.00. The summed E-state index contributed by atoms with van der Waals surface area (Å²) in [6, 6.07) is 0. The van der Waals surface area contributed by atoms with Crippen molar-refractivity contribution in [3.63, 3.8) is 0 Å². The first-order valence-electron chi connectivity index (χ1n) is 3.73. The summed E-state index contributed by atoms with van der Waals surface area (Å²) in [5.74, 6) is 6.42. The SMILES string of the molecule is CC(C)Cc1cnc(NN)[nH]1. The lowest BCUT2D eigenvalue weighted by Crippen LogP contribution is -2.08. The van der Waals surface area contributed by atoms with Crippen LogP contribution in [-0.4, -0.2) is 9.97 Å². The number of aromatic nitrogens is 2. The van der Waals surface area contributed by atoms with Crippen molar-refractivity contribution < 1.29 is 0 Å². The van der Waals surface area contributed by atoms with Gasteiger partial charge in [-0.05, 0) is 12.3 Å². The number of hydrogen-bond donors (Lipinski definition) is 3. The molecule has 1 heterocycles. The fraction of sp³-hybridized carbons (Fsp3) is 0.571. The molecule has 1 aromatic heterocycles. The van der Waals surface area contributed by atoms with Crippen LogP contribution in [0.15, 0.2) is 6.20 Å². The fourth-order valence-electron chi connectivity index (χ4n) is 0.976. The van der Waals surface area contributed by atoms with Gasteiger partial charge >= 0.3 is 0 Å². The highest BCUT2D eigenvalue weighted by Crippen LogP contribution is 2.06. The molecule has 0 aliphatic rings. The molecule has 1 aromatic rings. The zero-order valence-corrected chi connectivity index (χ0v) is 6.89. The fourth-order valence-corrected chi connectivity index (χ4v) is 0.976. The van der Waals surface area contributed by atoms with Crippen molar-refractivity contribution >= 4 is 5.95 Å². The standard InChI is InChI=1S/C7H14N4/c1-5(2)3-6-4-9-7(10-6)11-8/h4-5H,3,8H2,1-2H3,(H2,9,10,11).